The van der Waals surface area contributed by atoms with Crippen molar-refractivity contribution in [2.24, 2.45) is 0 Å². The summed E-state index contributed by atoms with van der Waals surface area (Å²) in [5.74, 6) is -0.360. The number of rotatable bonds is 7. The molecule has 0 saturated carbocycles. The smallest absolute Gasteiger partial charge is 0.272 e. The van der Waals surface area contributed by atoms with Gasteiger partial charge >= 0.3 is 0 Å². The number of aromatic nitrogens is 2. The van der Waals surface area contributed by atoms with Crippen LogP contribution in [0.15, 0.2) is 36.4 Å². The van der Waals surface area contributed by atoms with Gasteiger partial charge in [-0.15, -0.1) is 0 Å². The van der Waals surface area contributed by atoms with Crippen molar-refractivity contribution in [3.05, 3.63) is 53.3 Å². The summed E-state index contributed by atoms with van der Waals surface area (Å²) in [4.78, 5) is 26.6. The Balaban J connectivity index is 1.65. The van der Waals surface area contributed by atoms with E-state index in [9.17, 15) is 9.59 Å². The third-order valence-electron chi connectivity index (χ3n) is 4.13. The van der Waals surface area contributed by atoms with Gasteiger partial charge in [-0.05, 0) is 12.0 Å². The van der Waals surface area contributed by atoms with E-state index in [1.165, 1.54) is 0 Å². The summed E-state index contributed by atoms with van der Waals surface area (Å²) < 4.78 is 6.57. The van der Waals surface area contributed by atoms with Crippen molar-refractivity contribution in [3.63, 3.8) is 0 Å². The first-order valence-electron chi connectivity index (χ1n) is 8.37. The molecule has 7 nitrogen and oxygen atoms in total. The molecule has 7 heteroatoms. The molecular weight excluding hydrogens is 320 g/mol. The topological polar surface area (TPSA) is 76.5 Å². The minimum Gasteiger partial charge on any atom is -0.385 e. The van der Waals surface area contributed by atoms with Crippen molar-refractivity contribution >= 4 is 11.8 Å². The lowest BCUT2D eigenvalue weighted by atomic mass is 10.2. The zero-order chi connectivity index (χ0) is 17.6. The van der Waals surface area contributed by atoms with Crippen LogP contribution in [-0.4, -0.2) is 53.3 Å². The number of benzene rings is 1. The highest BCUT2D eigenvalue weighted by Crippen LogP contribution is 2.16. The van der Waals surface area contributed by atoms with Gasteiger partial charge in [-0.3, -0.25) is 14.3 Å². The van der Waals surface area contributed by atoms with Crippen molar-refractivity contribution < 1.29 is 14.3 Å². The Morgan fingerprint density at radius 2 is 2.08 bits per heavy atom. The molecule has 1 aliphatic heterocycles. The number of amides is 2. The molecule has 2 aromatic rings. The number of fused-ring (bicyclic) bond motifs is 1. The second kappa shape index (κ2) is 7.94. The summed E-state index contributed by atoms with van der Waals surface area (Å²) in [7, 11) is 1.62. The summed E-state index contributed by atoms with van der Waals surface area (Å²) in [5.41, 5.74) is 1.83. The zero-order valence-electron chi connectivity index (χ0n) is 14.3. The quantitative estimate of drug-likeness (QED) is 0.770. The monoisotopic (exact) mass is 342 g/mol. The van der Waals surface area contributed by atoms with Crippen molar-refractivity contribution in [1.29, 1.82) is 0 Å². The van der Waals surface area contributed by atoms with E-state index in [1.807, 2.05) is 30.3 Å². The van der Waals surface area contributed by atoms with Gasteiger partial charge in [-0.25, -0.2) is 0 Å². The zero-order valence-corrected chi connectivity index (χ0v) is 14.3. The van der Waals surface area contributed by atoms with Crippen LogP contribution in [0.4, 0.5) is 0 Å². The predicted molar refractivity (Wildman–Crippen MR) is 92.2 cm³/mol. The summed E-state index contributed by atoms with van der Waals surface area (Å²) in [6.45, 7) is 2.83. The molecule has 132 valence electrons. The first-order chi connectivity index (χ1) is 12.2. The summed E-state index contributed by atoms with van der Waals surface area (Å²) in [6.07, 6.45) is 0.736. The first-order valence-corrected chi connectivity index (χ1v) is 8.37. The molecule has 1 N–H and O–H groups in total. The van der Waals surface area contributed by atoms with Crippen LogP contribution in [0.25, 0.3) is 0 Å². The molecule has 3 rings (SSSR count). The minimum absolute atomic E-state index is 0.0963. The largest absolute Gasteiger partial charge is 0.385 e. The average molecular weight is 342 g/mol. The van der Waals surface area contributed by atoms with Crippen LogP contribution >= 0.6 is 0 Å². The molecule has 0 saturated heterocycles. The highest BCUT2D eigenvalue weighted by molar-refractivity contribution is 5.98. The van der Waals surface area contributed by atoms with Crippen LogP contribution in [0.2, 0.25) is 0 Å². The molecule has 0 atom stereocenters. The standard InChI is InChI=1S/C18H22N4O3/c1-25-11-5-8-19-17(23)15-12-16-18(24)21(9-10-22(16)20-15)13-14-6-3-2-4-7-14/h2-4,6-7,12H,5,8-11,13H2,1H3,(H,19,23). The van der Waals surface area contributed by atoms with Crippen LogP contribution in [0.5, 0.6) is 0 Å². The fourth-order valence-electron chi connectivity index (χ4n) is 2.81. The first kappa shape index (κ1) is 17.2. The fourth-order valence-corrected chi connectivity index (χ4v) is 2.81. The number of carbonyl (C=O) groups is 2. The lowest BCUT2D eigenvalue weighted by molar-refractivity contribution is 0.0683. The van der Waals surface area contributed by atoms with Crippen molar-refractivity contribution in [2.75, 3.05) is 26.8 Å². The van der Waals surface area contributed by atoms with E-state index in [2.05, 4.69) is 10.4 Å². The third-order valence-corrected chi connectivity index (χ3v) is 4.13. The molecule has 25 heavy (non-hydrogen) atoms. The van der Waals surface area contributed by atoms with E-state index in [4.69, 9.17) is 4.74 Å². The number of nitrogens with one attached hydrogen (secondary N) is 1. The van der Waals surface area contributed by atoms with Crippen LogP contribution < -0.4 is 5.32 Å². The molecule has 0 spiro atoms. The maximum atomic E-state index is 12.7. The molecule has 1 aromatic carbocycles. The van der Waals surface area contributed by atoms with Crippen LogP contribution in [0.1, 0.15) is 33.0 Å². The van der Waals surface area contributed by atoms with Gasteiger partial charge in [-0.2, -0.15) is 5.10 Å². The van der Waals surface area contributed by atoms with Gasteiger partial charge in [-0.1, -0.05) is 30.3 Å². The van der Waals surface area contributed by atoms with Crippen molar-refractivity contribution in [2.45, 2.75) is 19.5 Å². The Morgan fingerprint density at radius 1 is 1.28 bits per heavy atom. The van der Waals surface area contributed by atoms with E-state index in [1.54, 1.807) is 22.8 Å². The van der Waals surface area contributed by atoms with Gasteiger partial charge in [0.2, 0.25) is 0 Å². The summed E-state index contributed by atoms with van der Waals surface area (Å²) in [5, 5.41) is 7.06. The molecule has 1 aliphatic rings. The summed E-state index contributed by atoms with van der Waals surface area (Å²) in [6, 6.07) is 11.4. The average Bonchev–Trinajstić information content (AvgIpc) is 3.07. The Morgan fingerprint density at radius 3 is 2.84 bits per heavy atom. The van der Waals surface area contributed by atoms with Gasteiger partial charge < -0.3 is 15.0 Å². The molecule has 0 unspecified atom stereocenters. The van der Waals surface area contributed by atoms with Gasteiger partial charge in [0.15, 0.2) is 5.69 Å². The molecule has 0 bridgehead atoms. The van der Waals surface area contributed by atoms with E-state index >= 15 is 0 Å². The second-order valence-electron chi connectivity index (χ2n) is 5.95. The van der Waals surface area contributed by atoms with Gasteiger partial charge in [0, 0.05) is 39.4 Å². The lowest BCUT2D eigenvalue weighted by Gasteiger charge is -2.27. The molecular formula is C18H22N4O3. The van der Waals surface area contributed by atoms with Crippen molar-refractivity contribution in [3.8, 4) is 0 Å². The van der Waals surface area contributed by atoms with Crippen LogP contribution in [0.3, 0.4) is 0 Å². The third kappa shape index (κ3) is 4.06. The van der Waals surface area contributed by atoms with Crippen molar-refractivity contribution in [1.82, 2.24) is 20.0 Å². The highest BCUT2D eigenvalue weighted by Gasteiger charge is 2.27. The maximum Gasteiger partial charge on any atom is 0.272 e. The van der Waals surface area contributed by atoms with E-state index < -0.39 is 0 Å². The number of methoxy groups -OCH3 is 1. The molecule has 1 aromatic heterocycles. The molecule has 0 radical (unpaired) electrons. The van der Waals surface area contributed by atoms with E-state index in [0.29, 0.717) is 38.5 Å². The van der Waals surface area contributed by atoms with Gasteiger partial charge in [0.1, 0.15) is 5.69 Å². The number of hydrogen-bond acceptors (Lipinski definition) is 4. The molecule has 2 amide bonds. The molecule has 2 heterocycles. The van der Waals surface area contributed by atoms with Crippen LogP contribution in [0, 0.1) is 0 Å². The molecule has 0 aliphatic carbocycles. The number of ether oxygens (including phenoxy) is 1. The summed E-state index contributed by atoms with van der Waals surface area (Å²) >= 11 is 0. The SMILES string of the molecule is COCCCNC(=O)c1cc2n(n1)CCN(Cc1ccccc1)C2=O. The Hall–Kier alpha value is -2.67. The Kier molecular flexibility index (Phi) is 5.45. The van der Waals surface area contributed by atoms with Crippen LogP contribution in [-0.2, 0) is 17.8 Å². The molecule has 0 fully saturated rings. The number of hydrogen-bond donors (Lipinski definition) is 1. The maximum absolute atomic E-state index is 12.7. The minimum atomic E-state index is -0.264. The van der Waals surface area contributed by atoms with Gasteiger partial charge in [0.05, 0.1) is 6.54 Å². The Bertz CT molecular complexity index is 742. The second-order valence-corrected chi connectivity index (χ2v) is 5.95. The van der Waals surface area contributed by atoms with Gasteiger partial charge in [0.25, 0.3) is 11.8 Å². The lowest BCUT2D eigenvalue weighted by Crippen LogP contribution is -2.39. The van der Waals surface area contributed by atoms with E-state index in [-0.39, 0.29) is 17.5 Å². The van der Waals surface area contributed by atoms with E-state index in [0.717, 1.165) is 12.0 Å². The normalized spacial score (nSPS) is 13.6. The fraction of sp³-hybridized carbons (Fsp3) is 0.389. The number of nitrogens with zero attached hydrogens (tertiary/aromatic N) is 3. The number of carbonyl (C=O) groups excluding carboxylic acids is 2. The Labute approximate surface area is 146 Å². The highest BCUT2D eigenvalue weighted by atomic mass is 16.5. The predicted octanol–water partition coefficient (Wildman–Crippen LogP) is 1.31.